The van der Waals surface area contributed by atoms with E-state index in [-0.39, 0.29) is 17.7 Å². The average molecular weight is 291 g/mol. The van der Waals surface area contributed by atoms with Crippen molar-refractivity contribution in [1.82, 2.24) is 4.90 Å². The normalized spacial score (nSPS) is 25.5. The van der Waals surface area contributed by atoms with E-state index in [0.717, 1.165) is 25.1 Å². The molecule has 3 atom stereocenters. The smallest absolute Gasteiger partial charge is 0.0942 e. The second kappa shape index (κ2) is 6.47. The van der Waals surface area contributed by atoms with Gasteiger partial charge in [0.2, 0.25) is 0 Å². The lowest BCUT2D eigenvalue weighted by Crippen LogP contribution is -2.55. The molecule has 3 unspecified atom stereocenters. The molecule has 0 spiro atoms. The zero-order valence-corrected chi connectivity index (χ0v) is 14.0. The highest BCUT2D eigenvalue weighted by molar-refractivity contribution is 5.25. The summed E-state index contributed by atoms with van der Waals surface area (Å²) in [5, 5.41) is 10.7. The quantitative estimate of drug-likeness (QED) is 0.925. The molecule has 1 N–H and O–H groups in total. The molecule has 1 aliphatic rings. The fourth-order valence-electron chi connectivity index (χ4n) is 3.24. The van der Waals surface area contributed by atoms with E-state index in [9.17, 15) is 5.11 Å². The van der Waals surface area contributed by atoms with Gasteiger partial charge < -0.3 is 9.84 Å². The Morgan fingerprint density at radius 1 is 1.33 bits per heavy atom. The van der Waals surface area contributed by atoms with Gasteiger partial charge in [-0.1, -0.05) is 31.2 Å². The first-order valence-corrected chi connectivity index (χ1v) is 8.01. The van der Waals surface area contributed by atoms with Crippen molar-refractivity contribution in [2.24, 2.45) is 0 Å². The van der Waals surface area contributed by atoms with Crippen LogP contribution in [0.4, 0.5) is 0 Å². The standard InChI is InChI=1S/C18H29NO2/c1-6-15-7-9-16(10-8-15)17(20)14(3)19-11-13(2)21-18(4,5)12-19/h7-10,13-14,17,20H,6,11-12H2,1-5H3. The Morgan fingerprint density at radius 3 is 2.48 bits per heavy atom. The molecule has 0 aromatic heterocycles. The highest BCUT2D eigenvalue weighted by Gasteiger charge is 2.35. The van der Waals surface area contributed by atoms with E-state index < -0.39 is 6.10 Å². The summed E-state index contributed by atoms with van der Waals surface area (Å²) < 4.78 is 5.95. The van der Waals surface area contributed by atoms with E-state index >= 15 is 0 Å². The first-order valence-electron chi connectivity index (χ1n) is 8.01. The van der Waals surface area contributed by atoms with Crippen molar-refractivity contribution < 1.29 is 9.84 Å². The summed E-state index contributed by atoms with van der Waals surface area (Å²) in [7, 11) is 0. The summed E-state index contributed by atoms with van der Waals surface area (Å²) in [4.78, 5) is 2.34. The van der Waals surface area contributed by atoms with Crippen LogP contribution in [0.1, 0.15) is 51.8 Å². The van der Waals surface area contributed by atoms with Gasteiger partial charge in [0.05, 0.1) is 17.8 Å². The second-order valence-corrected chi connectivity index (χ2v) is 6.90. The molecule has 0 bridgehead atoms. The number of aliphatic hydroxyl groups is 1. The maximum Gasteiger partial charge on any atom is 0.0942 e. The van der Waals surface area contributed by atoms with E-state index in [1.54, 1.807) is 0 Å². The number of rotatable bonds is 4. The Hall–Kier alpha value is -0.900. The predicted octanol–water partition coefficient (Wildman–Crippen LogP) is 3.17. The van der Waals surface area contributed by atoms with Gasteiger partial charge in [0.25, 0.3) is 0 Å². The minimum atomic E-state index is -0.461. The van der Waals surface area contributed by atoms with Crippen molar-refractivity contribution in [3.63, 3.8) is 0 Å². The summed E-state index contributed by atoms with van der Waals surface area (Å²) in [6, 6.07) is 8.40. The van der Waals surface area contributed by atoms with E-state index in [2.05, 4.69) is 63.8 Å². The summed E-state index contributed by atoms with van der Waals surface area (Å²) in [5.41, 5.74) is 2.15. The fraction of sp³-hybridized carbons (Fsp3) is 0.667. The molecule has 3 heteroatoms. The van der Waals surface area contributed by atoms with Crippen LogP contribution in [0.2, 0.25) is 0 Å². The first kappa shape index (κ1) is 16.5. The van der Waals surface area contributed by atoms with Gasteiger partial charge in [-0.3, -0.25) is 4.90 Å². The average Bonchev–Trinajstić information content (AvgIpc) is 2.43. The van der Waals surface area contributed by atoms with E-state index in [4.69, 9.17) is 4.74 Å². The van der Waals surface area contributed by atoms with Crippen molar-refractivity contribution in [1.29, 1.82) is 0 Å². The van der Waals surface area contributed by atoms with Crippen molar-refractivity contribution in [3.05, 3.63) is 35.4 Å². The van der Waals surface area contributed by atoms with Crippen LogP contribution in [-0.4, -0.2) is 40.8 Å². The SMILES string of the molecule is CCc1ccc(C(O)C(C)N2CC(C)OC(C)(C)C2)cc1. The number of aliphatic hydroxyl groups excluding tert-OH is 1. The van der Waals surface area contributed by atoms with Crippen LogP contribution in [0, 0.1) is 0 Å². The minimum Gasteiger partial charge on any atom is -0.387 e. The highest BCUT2D eigenvalue weighted by atomic mass is 16.5. The van der Waals surface area contributed by atoms with Gasteiger partial charge in [0.1, 0.15) is 0 Å². The molecular formula is C18H29NO2. The molecule has 3 nitrogen and oxygen atoms in total. The molecule has 0 radical (unpaired) electrons. The largest absolute Gasteiger partial charge is 0.387 e. The maximum atomic E-state index is 10.7. The number of benzene rings is 1. The monoisotopic (exact) mass is 291 g/mol. The summed E-state index contributed by atoms with van der Waals surface area (Å²) in [6.45, 7) is 12.3. The minimum absolute atomic E-state index is 0.0862. The zero-order chi connectivity index (χ0) is 15.6. The molecule has 1 aliphatic heterocycles. The molecule has 1 aromatic carbocycles. The van der Waals surface area contributed by atoms with Gasteiger partial charge in [0.15, 0.2) is 0 Å². The molecule has 21 heavy (non-hydrogen) atoms. The molecule has 1 heterocycles. The Kier molecular flexibility index (Phi) is 5.07. The van der Waals surface area contributed by atoms with E-state index in [1.165, 1.54) is 5.56 Å². The van der Waals surface area contributed by atoms with Crippen LogP contribution in [0.25, 0.3) is 0 Å². The van der Waals surface area contributed by atoms with Crippen LogP contribution in [0.3, 0.4) is 0 Å². The van der Waals surface area contributed by atoms with Crippen LogP contribution in [0.15, 0.2) is 24.3 Å². The number of ether oxygens (including phenoxy) is 1. The number of aryl methyl sites for hydroxylation is 1. The third kappa shape index (κ3) is 4.06. The van der Waals surface area contributed by atoms with E-state index in [1.807, 2.05) is 0 Å². The van der Waals surface area contributed by atoms with Crippen molar-refractivity contribution in [2.45, 2.75) is 64.9 Å². The Balaban J connectivity index is 2.08. The van der Waals surface area contributed by atoms with Crippen LogP contribution in [0.5, 0.6) is 0 Å². The number of hydrogen-bond donors (Lipinski definition) is 1. The lowest BCUT2D eigenvalue weighted by Gasteiger charge is -2.45. The number of morpholine rings is 1. The summed E-state index contributed by atoms with van der Waals surface area (Å²) in [5.74, 6) is 0. The molecule has 1 fully saturated rings. The Labute approximate surface area is 128 Å². The molecular weight excluding hydrogens is 262 g/mol. The first-order chi connectivity index (χ1) is 9.82. The van der Waals surface area contributed by atoms with Gasteiger partial charge in [-0.15, -0.1) is 0 Å². The number of hydrogen-bond acceptors (Lipinski definition) is 3. The number of nitrogens with zero attached hydrogens (tertiary/aromatic N) is 1. The predicted molar refractivity (Wildman–Crippen MR) is 86.4 cm³/mol. The van der Waals surface area contributed by atoms with Gasteiger partial charge in [0, 0.05) is 19.1 Å². The second-order valence-electron chi connectivity index (χ2n) is 6.90. The molecule has 1 saturated heterocycles. The molecule has 0 amide bonds. The van der Waals surface area contributed by atoms with Crippen molar-refractivity contribution in [3.8, 4) is 0 Å². The van der Waals surface area contributed by atoms with Crippen molar-refractivity contribution >= 4 is 0 Å². The van der Waals surface area contributed by atoms with Gasteiger partial charge in [-0.05, 0) is 45.2 Å². The molecule has 0 aliphatic carbocycles. The topological polar surface area (TPSA) is 32.7 Å². The van der Waals surface area contributed by atoms with Gasteiger partial charge >= 0.3 is 0 Å². The summed E-state index contributed by atoms with van der Waals surface area (Å²) in [6.07, 6.45) is 0.768. The highest BCUT2D eigenvalue weighted by Crippen LogP contribution is 2.27. The Morgan fingerprint density at radius 2 is 1.95 bits per heavy atom. The fourth-order valence-corrected chi connectivity index (χ4v) is 3.24. The third-order valence-electron chi connectivity index (χ3n) is 4.36. The van der Waals surface area contributed by atoms with Crippen LogP contribution >= 0.6 is 0 Å². The lowest BCUT2D eigenvalue weighted by atomic mass is 9.97. The van der Waals surface area contributed by atoms with Crippen molar-refractivity contribution in [2.75, 3.05) is 13.1 Å². The molecule has 2 rings (SSSR count). The van der Waals surface area contributed by atoms with Gasteiger partial charge in [-0.25, -0.2) is 0 Å². The molecule has 118 valence electrons. The third-order valence-corrected chi connectivity index (χ3v) is 4.36. The summed E-state index contributed by atoms with van der Waals surface area (Å²) >= 11 is 0. The zero-order valence-electron chi connectivity index (χ0n) is 14.0. The van der Waals surface area contributed by atoms with Crippen LogP contribution < -0.4 is 0 Å². The van der Waals surface area contributed by atoms with Crippen LogP contribution in [-0.2, 0) is 11.2 Å². The lowest BCUT2D eigenvalue weighted by molar-refractivity contribution is -0.145. The maximum absolute atomic E-state index is 10.7. The molecule has 0 saturated carbocycles. The van der Waals surface area contributed by atoms with E-state index in [0.29, 0.717) is 0 Å². The Bertz CT molecular complexity index is 455. The molecule has 1 aromatic rings. The van der Waals surface area contributed by atoms with Gasteiger partial charge in [-0.2, -0.15) is 0 Å².